The molecule has 0 aliphatic rings. The van der Waals surface area contributed by atoms with Crippen LogP contribution in [-0.4, -0.2) is 46.7 Å². The number of hydrogen-bond acceptors (Lipinski definition) is 4. The van der Waals surface area contributed by atoms with Crippen LogP contribution in [-0.2, 0) is 0 Å². The SMILES string of the molecule is CC(C)(CCO)NCC(O)CO. The summed E-state index contributed by atoms with van der Waals surface area (Å²) in [5.74, 6) is 0. The second-order valence-electron chi connectivity index (χ2n) is 3.57. The highest BCUT2D eigenvalue weighted by Crippen LogP contribution is 2.06. The first-order valence-electron chi connectivity index (χ1n) is 4.16. The van der Waals surface area contributed by atoms with Crippen molar-refractivity contribution in [1.29, 1.82) is 0 Å². The Labute approximate surface area is 73.2 Å². The molecule has 1 atom stereocenters. The number of β-amino-alcohol motifs (C(OH)–C–C–N with tert-alkyl or cyclic N) is 1. The van der Waals surface area contributed by atoms with E-state index in [1.807, 2.05) is 13.8 Å². The summed E-state index contributed by atoms with van der Waals surface area (Å²) in [6.07, 6.45) is -0.0894. The number of nitrogens with one attached hydrogen (secondary N) is 1. The Hall–Kier alpha value is -0.160. The van der Waals surface area contributed by atoms with Crippen LogP contribution in [0.15, 0.2) is 0 Å². The standard InChI is InChI=1S/C8H19NO3/c1-8(2,3-4-10)9-5-7(12)6-11/h7,9-12H,3-6H2,1-2H3. The van der Waals surface area contributed by atoms with Crippen LogP contribution in [0.3, 0.4) is 0 Å². The van der Waals surface area contributed by atoms with Crippen LogP contribution in [0.4, 0.5) is 0 Å². The highest BCUT2D eigenvalue weighted by molar-refractivity contribution is 4.78. The lowest BCUT2D eigenvalue weighted by Crippen LogP contribution is -2.44. The smallest absolute Gasteiger partial charge is 0.0895 e. The van der Waals surface area contributed by atoms with E-state index in [1.165, 1.54) is 0 Å². The van der Waals surface area contributed by atoms with E-state index in [0.29, 0.717) is 13.0 Å². The van der Waals surface area contributed by atoms with E-state index in [4.69, 9.17) is 15.3 Å². The van der Waals surface area contributed by atoms with Crippen molar-refractivity contribution in [3.63, 3.8) is 0 Å². The molecule has 0 heterocycles. The van der Waals surface area contributed by atoms with Gasteiger partial charge >= 0.3 is 0 Å². The van der Waals surface area contributed by atoms with Crippen molar-refractivity contribution in [2.45, 2.75) is 31.9 Å². The molecule has 0 radical (unpaired) electrons. The average molecular weight is 177 g/mol. The molecular formula is C8H19NO3. The maximum atomic E-state index is 9.01. The van der Waals surface area contributed by atoms with Crippen molar-refractivity contribution >= 4 is 0 Å². The van der Waals surface area contributed by atoms with Crippen molar-refractivity contribution in [2.24, 2.45) is 0 Å². The van der Waals surface area contributed by atoms with Gasteiger partial charge < -0.3 is 20.6 Å². The lowest BCUT2D eigenvalue weighted by atomic mass is 10.0. The minimum Gasteiger partial charge on any atom is -0.396 e. The Bertz CT molecular complexity index is 117. The van der Waals surface area contributed by atoms with Gasteiger partial charge in [0.05, 0.1) is 12.7 Å². The van der Waals surface area contributed by atoms with Gasteiger partial charge in [-0.2, -0.15) is 0 Å². The van der Waals surface area contributed by atoms with Crippen LogP contribution in [0, 0.1) is 0 Å². The van der Waals surface area contributed by atoms with Crippen molar-refractivity contribution in [2.75, 3.05) is 19.8 Å². The topological polar surface area (TPSA) is 72.7 Å². The molecule has 4 heteroatoms. The molecule has 0 bridgehead atoms. The summed E-state index contributed by atoms with van der Waals surface area (Å²) >= 11 is 0. The monoisotopic (exact) mass is 177 g/mol. The molecule has 0 rings (SSSR count). The van der Waals surface area contributed by atoms with Gasteiger partial charge in [0.2, 0.25) is 0 Å². The molecule has 4 nitrogen and oxygen atoms in total. The fraction of sp³-hybridized carbons (Fsp3) is 1.00. The summed E-state index contributed by atoms with van der Waals surface area (Å²) in [5.41, 5.74) is -0.190. The second-order valence-corrected chi connectivity index (χ2v) is 3.57. The Morgan fingerprint density at radius 3 is 2.33 bits per heavy atom. The first kappa shape index (κ1) is 11.8. The third-order valence-electron chi connectivity index (χ3n) is 1.76. The van der Waals surface area contributed by atoms with Gasteiger partial charge in [0.25, 0.3) is 0 Å². The fourth-order valence-corrected chi connectivity index (χ4v) is 0.827. The zero-order chi connectivity index (χ0) is 9.61. The number of hydrogen-bond donors (Lipinski definition) is 4. The van der Waals surface area contributed by atoms with Gasteiger partial charge in [-0.05, 0) is 20.3 Å². The van der Waals surface area contributed by atoms with Gasteiger partial charge in [-0.3, -0.25) is 0 Å². The first-order valence-corrected chi connectivity index (χ1v) is 4.16. The van der Waals surface area contributed by atoms with Gasteiger partial charge in [0.1, 0.15) is 0 Å². The van der Waals surface area contributed by atoms with Gasteiger partial charge in [0, 0.05) is 18.7 Å². The minimum atomic E-state index is -0.719. The van der Waals surface area contributed by atoms with Crippen LogP contribution in [0.1, 0.15) is 20.3 Å². The van der Waals surface area contributed by atoms with Crippen molar-refractivity contribution < 1.29 is 15.3 Å². The molecule has 0 aliphatic heterocycles. The Morgan fingerprint density at radius 2 is 1.92 bits per heavy atom. The van der Waals surface area contributed by atoms with Gasteiger partial charge in [-0.15, -0.1) is 0 Å². The predicted molar refractivity (Wildman–Crippen MR) is 46.9 cm³/mol. The van der Waals surface area contributed by atoms with Crippen LogP contribution >= 0.6 is 0 Å². The summed E-state index contributed by atoms with van der Waals surface area (Å²) in [7, 11) is 0. The molecular weight excluding hydrogens is 158 g/mol. The molecule has 0 saturated heterocycles. The van der Waals surface area contributed by atoms with Crippen molar-refractivity contribution in [3.05, 3.63) is 0 Å². The highest BCUT2D eigenvalue weighted by atomic mass is 16.3. The van der Waals surface area contributed by atoms with E-state index in [2.05, 4.69) is 5.32 Å². The van der Waals surface area contributed by atoms with E-state index in [1.54, 1.807) is 0 Å². The summed E-state index contributed by atoms with van der Waals surface area (Å²) < 4.78 is 0. The molecule has 4 N–H and O–H groups in total. The molecule has 12 heavy (non-hydrogen) atoms. The molecule has 74 valence electrons. The number of aliphatic hydroxyl groups excluding tert-OH is 3. The van der Waals surface area contributed by atoms with E-state index in [0.717, 1.165) is 0 Å². The summed E-state index contributed by atoms with van der Waals surface area (Å²) in [5, 5.41) is 29.2. The molecule has 0 aromatic heterocycles. The Morgan fingerprint density at radius 1 is 1.33 bits per heavy atom. The Balaban J connectivity index is 3.59. The van der Waals surface area contributed by atoms with E-state index in [9.17, 15) is 0 Å². The largest absolute Gasteiger partial charge is 0.396 e. The highest BCUT2D eigenvalue weighted by Gasteiger charge is 2.16. The van der Waals surface area contributed by atoms with Crippen LogP contribution < -0.4 is 5.32 Å². The summed E-state index contributed by atoms with van der Waals surface area (Å²) in [6, 6.07) is 0. The van der Waals surface area contributed by atoms with Crippen LogP contribution in [0.5, 0.6) is 0 Å². The van der Waals surface area contributed by atoms with Crippen molar-refractivity contribution in [1.82, 2.24) is 5.32 Å². The second kappa shape index (κ2) is 5.48. The molecule has 0 aromatic rings. The minimum absolute atomic E-state index is 0.120. The number of rotatable bonds is 6. The average Bonchev–Trinajstić information content (AvgIpc) is 2.00. The first-order chi connectivity index (χ1) is 5.52. The molecule has 0 fully saturated rings. The zero-order valence-electron chi connectivity index (χ0n) is 7.75. The summed E-state index contributed by atoms with van der Waals surface area (Å²) in [6.45, 7) is 4.11. The predicted octanol–water partition coefficient (Wildman–Crippen LogP) is -0.910. The lowest BCUT2D eigenvalue weighted by Gasteiger charge is -2.26. The zero-order valence-corrected chi connectivity index (χ0v) is 7.75. The van der Waals surface area contributed by atoms with E-state index >= 15 is 0 Å². The van der Waals surface area contributed by atoms with Crippen LogP contribution in [0.25, 0.3) is 0 Å². The molecule has 0 saturated carbocycles. The third kappa shape index (κ3) is 5.49. The molecule has 0 aromatic carbocycles. The maximum Gasteiger partial charge on any atom is 0.0895 e. The van der Waals surface area contributed by atoms with Crippen LogP contribution in [0.2, 0.25) is 0 Å². The maximum absolute atomic E-state index is 9.01. The quantitative estimate of drug-likeness (QED) is 0.424. The lowest BCUT2D eigenvalue weighted by molar-refractivity contribution is 0.0854. The van der Waals surface area contributed by atoms with Crippen molar-refractivity contribution in [3.8, 4) is 0 Å². The number of aliphatic hydroxyl groups is 3. The molecule has 0 spiro atoms. The Kier molecular flexibility index (Phi) is 5.41. The van der Waals surface area contributed by atoms with Gasteiger partial charge in [0.15, 0.2) is 0 Å². The summed E-state index contributed by atoms with van der Waals surface area (Å²) in [4.78, 5) is 0. The van der Waals surface area contributed by atoms with E-state index in [-0.39, 0.29) is 18.8 Å². The van der Waals surface area contributed by atoms with Gasteiger partial charge in [-0.25, -0.2) is 0 Å². The molecule has 0 amide bonds. The molecule has 0 aliphatic carbocycles. The normalized spacial score (nSPS) is 14.8. The van der Waals surface area contributed by atoms with E-state index < -0.39 is 6.10 Å². The van der Waals surface area contributed by atoms with Gasteiger partial charge in [-0.1, -0.05) is 0 Å². The molecule has 1 unspecified atom stereocenters. The fourth-order valence-electron chi connectivity index (χ4n) is 0.827. The third-order valence-corrected chi connectivity index (χ3v) is 1.76.